The molecule has 6 nitrogen and oxygen atoms in total. The molecule has 3 aromatic carbocycles. The number of hydrogen-bond donors (Lipinski definition) is 1. The molecule has 11 heteroatoms. The monoisotopic (exact) mass is 540 g/mol. The van der Waals surface area contributed by atoms with Crippen LogP contribution in [0, 0.1) is 6.92 Å². The number of rotatable bonds is 9. The molecule has 1 N–H and O–H groups in total. The molecule has 0 aliphatic rings. The van der Waals surface area contributed by atoms with E-state index in [0.29, 0.717) is 17.2 Å². The van der Waals surface area contributed by atoms with Crippen molar-refractivity contribution in [1.29, 1.82) is 0 Å². The molecule has 0 aromatic heterocycles. The van der Waals surface area contributed by atoms with Gasteiger partial charge < -0.3 is 10.1 Å². The van der Waals surface area contributed by atoms with Crippen LogP contribution in [0.1, 0.15) is 27.0 Å². The Morgan fingerprint density at radius 2 is 1.72 bits per heavy atom. The highest BCUT2D eigenvalue weighted by molar-refractivity contribution is 7.92. The molecule has 1 amide bonds. The van der Waals surface area contributed by atoms with Gasteiger partial charge in [0.05, 0.1) is 35.6 Å². The Balaban J connectivity index is 1.66. The molecule has 0 aliphatic heterocycles. The molecular weight excluding hydrogens is 517 g/mol. The van der Waals surface area contributed by atoms with Crippen molar-refractivity contribution in [2.75, 3.05) is 23.7 Å². The van der Waals surface area contributed by atoms with Gasteiger partial charge >= 0.3 is 6.18 Å². The number of sulfonamides is 1. The Bertz CT molecular complexity index is 1330. The lowest BCUT2D eigenvalue weighted by Gasteiger charge is -2.24. The van der Waals surface area contributed by atoms with Crippen molar-refractivity contribution >= 4 is 33.2 Å². The number of carbonyl (C=O) groups excluding carboxylic acids is 1. The highest BCUT2D eigenvalue weighted by Crippen LogP contribution is 2.37. The Hall–Kier alpha value is -3.24. The molecule has 192 valence electrons. The summed E-state index contributed by atoms with van der Waals surface area (Å²) < 4.78 is 71.0. The Kier molecular flexibility index (Phi) is 8.52. The van der Waals surface area contributed by atoms with E-state index in [2.05, 4.69) is 5.32 Å². The minimum atomic E-state index is -4.74. The zero-order valence-electron chi connectivity index (χ0n) is 19.5. The summed E-state index contributed by atoms with van der Waals surface area (Å²) in [6.07, 6.45) is -3.84. The van der Waals surface area contributed by atoms with E-state index in [9.17, 15) is 26.4 Å². The molecule has 0 radical (unpaired) electrons. The van der Waals surface area contributed by atoms with Crippen LogP contribution >= 0.6 is 11.6 Å². The second kappa shape index (κ2) is 11.2. The second-order valence-corrected chi connectivity index (χ2v) is 10.3. The molecule has 0 saturated heterocycles. The summed E-state index contributed by atoms with van der Waals surface area (Å²) >= 11 is 5.66. The lowest BCUT2D eigenvalue weighted by molar-refractivity contribution is -0.137. The highest BCUT2D eigenvalue weighted by atomic mass is 35.5. The number of hydrogen-bond acceptors (Lipinski definition) is 4. The number of carbonyl (C=O) groups is 1. The lowest BCUT2D eigenvalue weighted by atomic mass is 10.1. The number of anilines is 1. The predicted molar refractivity (Wildman–Crippen MR) is 133 cm³/mol. The summed E-state index contributed by atoms with van der Waals surface area (Å²) in [5.74, 6) is 0.386. The smallest absolute Gasteiger partial charge is 0.417 e. The van der Waals surface area contributed by atoms with Crippen LogP contribution in [0.2, 0.25) is 5.02 Å². The first-order chi connectivity index (χ1) is 16.9. The minimum Gasteiger partial charge on any atom is -0.491 e. The average molecular weight is 541 g/mol. The highest BCUT2D eigenvalue weighted by Gasteiger charge is 2.34. The third kappa shape index (κ3) is 7.14. The summed E-state index contributed by atoms with van der Waals surface area (Å²) in [6.45, 7) is 2.24. The van der Waals surface area contributed by atoms with Crippen LogP contribution in [0.25, 0.3) is 0 Å². The van der Waals surface area contributed by atoms with Crippen LogP contribution < -0.4 is 14.4 Å². The molecule has 0 bridgehead atoms. The van der Waals surface area contributed by atoms with Crippen LogP contribution in [0.5, 0.6) is 5.75 Å². The van der Waals surface area contributed by atoms with Crippen molar-refractivity contribution < 1.29 is 31.1 Å². The molecule has 0 heterocycles. The maximum Gasteiger partial charge on any atom is 0.417 e. The van der Waals surface area contributed by atoms with Gasteiger partial charge in [-0.15, -0.1) is 0 Å². The molecular formula is C25H24ClF3N2O4S. The summed E-state index contributed by atoms with van der Waals surface area (Å²) in [7, 11) is -3.93. The van der Waals surface area contributed by atoms with Gasteiger partial charge in [-0.2, -0.15) is 13.2 Å². The van der Waals surface area contributed by atoms with E-state index < -0.39 is 26.8 Å². The molecule has 0 atom stereocenters. The Morgan fingerprint density at radius 1 is 1.06 bits per heavy atom. The SMILES string of the molecule is Cc1ccccc1OCCNC(=O)c1ccc(CN(c2ccc(Cl)c(C(F)(F)F)c2)S(C)(=O)=O)cc1. The number of benzene rings is 3. The molecule has 0 spiro atoms. The van der Waals surface area contributed by atoms with Crippen LogP contribution in [0.3, 0.4) is 0 Å². The number of halogens is 4. The average Bonchev–Trinajstić information content (AvgIpc) is 2.80. The van der Waals surface area contributed by atoms with Gasteiger partial charge in [0.15, 0.2) is 0 Å². The van der Waals surface area contributed by atoms with Crippen LogP contribution in [-0.4, -0.2) is 33.7 Å². The third-order valence-electron chi connectivity index (χ3n) is 5.22. The molecule has 3 rings (SSSR count). The van der Waals surface area contributed by atoms with Gasteiger partial charge in [-0.05, 0) is 54.4 Å². The largest absolute Gasteiger partial charge is 0.491 e. The van der Waals surface area contributed by atoms with Gasteiger partial charge in [0.2, 0.25) is 10.0 Å². The zero-order valence-corrected chi connectivity index (χ0v) is 21.0. The van der Waals surface area contributed by atoms with Crippen molar-refractivity contribution in [2.45, 2.75) is 19.6 Å². The van der Waals surface area contributed by atoms with E-state index in [4.69, 9.17) is 16.3 Å². The first kappa shape index (κ1) is 27.3. The number of nitrogens with one attached hydrogen (secondary N) is 1. The minimum absolute atomic E-state index is 0.176. The van der Waals surface area contributed by atoms with Crippen molar-refractivity contribution in [3.8, 4) is 5.75 Å². The van der Waals surface area contributed by atoms with E-state index in [1.54, 1.807) is 0 Å². The van der Waals surface area contributed by atoms with E-state index in [1.807, 2.05) is 31.2 Å². The van der Waals surface area contributed by atoms with Crippen molar-refractivity contribution in [3.63, 3.8) is 0 Å². The number of amides is 1. The normalized spacial score (nSPS) is 11.7. The summed E-state index contributed by atoms with van der Waals surface area (Å²) in [5, 5.41) is 2.21. The van der Waals surface area contributed by atoms with Crippen LogP contribution in [0.15, 0.2) is 66.7 Å². The molecule has 0 saturated carbocycles. The Labute approximate surface area is 212 Å². The van der Waals surface area contributed by atoms with Gasteiger partial charge in [-0.25, -0.2) is 8.42 Å². The first-order valence-corrected chi connectivity index (χ1v) is 13.0. The van der Waals surface area contributed by atoms with Gasteiger partial charge in [-0.3, -0.25) is 9.10 Å². The quantitative estimate of drug-likeness (QED) is 0.367. The fraction of sp³-hybridized carbons (Fsp3) is 0.240. The maximum absolute atomic E-state index is 13.3. The zero-order chi connectivity index (χ0) is 26.5. The maximum atomic E-state index is 13.3. The number of aryl methyl sites for hydroxylation is 1. The molecule has 0 unspecified atom stereocenters. The van der Waals surface area contributed by atoms with E-state index in [-0.39, 0.29) is 31.3 Å². The summed E-state index contributed by atoms with van der Waals surface area (Å²) in [5.41, 5.74) is 0.490. The van der Waals surface area contributed by atoms with Gasteiger partial charge in [0.1, 0.15) is 12.4 Å². The number of nitrogens with zero attached hydrogens (tertiary/aromatic N) is 1. The summed E-state index contributed by atoms with van der Waals surface area (Å²) in [6, 6.07) is 16.5. The molecule has 3 aromatic rings. The van der Waals surface area contributed by atoms with E-state index in [1.165, 1.54) is 30.3 Å². The van der Waals surface area contributed by atoms with Gasteiger partial charge in [0.25, 0.3) is 5.91 Å². The van der Waals surface area contributed by atoms with Crippen LogP contribution in [0.4, 0.5) is 18.9 Å². The first-order valence-electron chi connectivity index (χ1n) is 10.8. The second-order valence-electron chi connectivity index (χ2n) is 8.00. The topological polar surface area (TPSA) is 75.7 Å². The number of ether oxygens (including phenoxy) is 1. The van der Waals surface area contributed by atoms with Crippen molar-refractivity contribution in [1.82, 2.24) is 5.32 Å². The Morgan fingerprint density at radius 3 is 2.33 bits per heavy atom. The fourth-order valence-electron chi connectivity index (χ4n) is 3.36. The van der Waals surface area contributed by atoms with Crippen molar-refractivity contribution in [3.05, 3.63) is 94.0 Å². The van der Waals surface area contributed by atoms with Gasteiger partial charge in [-0.1, -0.05) is 41.9 Å². The fourth-order valence-corrected chi connectivity index (χ4v) is 4.46. The standard InChI is InChI=1S/C25H24ClF3N2O4S/c1-17-5-3-4-6-23(17)35-14-13-30-24(32)19-9-7-18(8-10-19)16-31(36(2,33)34)20-11-12-22(26)21(15-20)25(27,28)29/h3-12,15H,13-14,16H2,1-2H3,(H,30,32). The van der Waals surface area contributed by atoms with E-state index >= 15 is 0 Å². The van der Waals surface area contributed by atoms with Gasteiger partial charge in [0, 0.05) is 5.56 Å². The van der Waals surface area contributed by atoms with Crippen molar-refractivity contribution in [2.24, 2.45) is 0 Å². The van der Waals surface area contributed by atoms with E-state index in [0.717, 1.165) is 27.9 Å². The third-order valence-corrected chi connectivity index (χ3v) is 6.69. The number of alkyl halides is 3. The number of para-hydroxylation sites is 1. The summed E-state index contributed by atoms with van der Waals surface area (Å²) in [4.78, 5) is 12.4. The molecule has 0 fully saturated rings. The predicted octanol–water partition coefficient (Wildman–Crippen LogP) is 5.44. The molecule has 36 heavy (non-hydrogen) atoms. The van der Waals surface area contributed by atoms with Crippen LogP contribution in [-0.2, 0) is 22.7 Å². The lowest BCUT2D eigenvalue weighted by Crippen LogP contribution is -2.30. The molecule has 0 aliphatic carbocycles.